The van der Waals surface area contributed by atoms with Gasteiger partial charge in [0.2, 0.25) is 0 Å². The van der Waals surface area contributed by atoms with E-state index in [1.165, 1.54) is 25.7 Å². The van der Waals surface area contributed by atoms with Crippen molar-refractivity contribution in [1.29, 1.82) is 5.26 Å². The summed E-state index contributed by atoms with van der Waals surface area (Å²) in [5.74, 6) is 1.35. The summed E-state index contributed by atoms with van der Waals surface area (Å²) in [6.45, 7) is 6.61. The highest BCUT2D eigenvalue weighted by atomic mass is 16.5. The molecule has 21 heavy (non-hydrogen) atoms. The summed E-state index contributed by atoms with van der Waals surface area (Å²) in [4.78, 5) is 0. The quantitative estimate of drug-likeness (QED) is 0.561. The van der Waals surface area contributed by atoms with Crippen LogP contribution in [0.3, 0.4) is 0 Å². The van der Waals surface area contributed by atoms with Gasteiger partial charge in [0.15, 0.2) is 0 Å². The van der Waals surface area contributed by atoms with Gasteiger partial charge in [-0.25, -0.2) is 0 Å². The van der Waals surface area contributed by atoms with Gasteiger partial charge in [-0.05, 0) is 24.5 Å². The van der Waals surface area contributed by atoms with Crippen molar-refractivity contribution < 1.29 is 9.47 Å². The van der Waals surface area contributed by atoms with E-state index in [0.29, 0.717) is 23.8 Å². The van der Waals surface area contributed by atoms with Gasteiger partial charge in [-0.2, -0.15) is 5.26 Å². The molecule has 0 aliphatic rings. The van der Waals surface area contributed by atoms with E-state index in [1.54, 1.807) is 6.07 Å². The van der Waals surface area contributed by atoms with Crippen molar-refractivity contribution in [2.45, 2.75) is 46.0 Å². The molecule has 0 saturated carbocycles. The zero-order valence-electron chi connectivity index (χ0n) is 13.3. The number of hydrogen-bond acceptors (Lipinski definition) is 3. The van der Waals surface area contributed by atoms with E-state index in [4.69, 9.17) is 14.7 Å². The summed E-state index contributed by atoms with van der Waals surface area (Å²) in [5, 5.41) is 8.96. The summed E-state index contributed by atoms with van der Waals surface area (Å²) in [5.41, 5.74) is 0.587. The van der Waals surface area contributed by atoms with Gasteiger partial charge in [0.05, 0.1) is 12.2 Å². The number of nitrogens with zero attached hydrogens (tertiary/aromatic N) is 1. The lowest BCUT2D eigenvalue weighted by atomic mass is 10.0. The maximum atomic E-state index is 8.96. The predicted molar refractivity (Wildman–Crippen MR) is 85.4 cm³/mol. The molecular formula is C18H27NO2. The van der Waals surface area contributed by atoms with Crippen LogP contribution in [0.5, 0.6) is 5.75 Å². The molecule has 0 amide bonds. The lowest BCUT2D eigenvalue weighted by molar-refractivity contribution is 0.0842. The topological polar surface area (TPSA) is 42.2 Å². The second-order valence-electron chi connectivity index (χ2n) is 5.30. The fourth-order valence-electron chi connectivity index (χ4n) is 2.18. The molecular weight excluding hydrogens is 262 g/mol. The molecule has 0 heterocycles. The summed E-state index contributed by atoms with van der Waals surface area (Å²) >= 11 is 0. The summed E-state index contributed by atoms with van der Waals surface area (Å²) in [6.07, 6.45) is 5.84. The molecule has 1 aromatic rings. The van der Waals surface area contributed by atoms with Crippen LogP contribution >= 0.6 is 0 Å². The first-order valence-electron chi connectivity index (χ1n) is 8.01. The Morgan fingerprint density at radius 1 is 1.14 bits per heavy atom. The average Bonchev–Trinajstić information content (AvgIpc) is 2.53. The van der Waals surface area contributed by atoms with Crippen molar-refractivity contribution in [1.82, 2.24) is 0 Å². The van der Waals surface area contributed by atoms with Crippen molar-refractivity contribution in [2.75, 3.05) is 19.8 Å². The van der Waals surface area contributed by atoms with E-state index in [-0.39, 0.29) is 0 Å². The van der Waals surface area contributed by atoms with Gasteiger partial charge in [0, 0.05) is 19.6 Å². The molecule has 0 aliphatic heterocycles. The van der Waals surface area contributed by atoms with Gasteiger partial charge in [-0.15, -0.1) is 0 Å². The number of ether oxygens (including phenoxy) is 2. The lowest BCUT2D eigenvalue weighted by Gasteiger charge is -2.14. The summed E-state index contributed by atoms with van der Waals surface area (Å²) in [7, 11) is 0. The maximum absolute atomic E-state index is 8.96. The van der Waals surface area contributed by atoms with E-state index in [0.717, 1.165) is 19.6 Å². The average molecular weight is 289 g/mol. The van der Waals surface area contributed by atoms with Crippen molar-refractivity contribution >= 4 is 0 Å². The molecule has 0 fully saturated rings. The van der Waals surface area contributed by atoms with Crippen LogP contribution in [0.1, 0.15) is 51.5 Å². The highest BCUT2D eigenvalue weighted by molar-refractivity contribution is 5.42. The molecule has 0 aliphatic carbocycles. The number of benzene rings is 1. The number of hydrogen-bond donors (Lipinski definition) is 0. The van der Waals surface area contributed by atoms with Crippen LogP contribution in [0.2, 0.25) is 0 Å². The fourth-order valence-corrected chi connectivity index (χ4v) is 2.18. The second-order valence-corrected chi connectivity index (χ2v) is 5.30. The van der Waals surface area contributed by atoms with Gasteiger partial charge in [-0.1, -0.05) is 45.2 Å². The highest BCUT2D eigenvalue weighted by Gasteiger charge is 2.06. The third-order valence-corrected chi connectivity index (χ3v) is 3.59. The molecule has 0 radical (unpaired) electrons. The molecule has 1 rings (SSSR count). The number of para-hydroxylation sites is 1. The molecule has 116 valence electrons. The minimum Gasteiger partial charge on any atom is -0.492 e. The van der Waals surface area contributed by atoms with Crippen LogP contribution < -0.4 is 4.74 Å². The molecule has 1 unspecified atom stereocenters. The van der Waals surface area contributed by atoms with Crippen molar-refractivity contribution in [2.24, 2.45) is 5.92 Å². The Morgan fingerprint density at radius 3 is 2.67 bits per heavy atom. The molecule has 0 spiro atoms. The zero-order chi connectivity index (χ0) is 15.3. The third kappa shape index (κ3) is 7.15. The number of nitriles is 1. The van der Waals surface area contributed by atoms with Crippen molar-refractivity contribution in [3.8, 4) is 11.8 Å². The van der Waals surface area contributed by atoms with Gasteiger partial charge in [0.1, 0.15) is 11.8 Å². The summed E-state index contributed by atoms with van der Waals surface area (Å²) < 4.78 is 11.4. The molecule has 0 saturated heterocycles. The first-order valence-corrected chi connectivity index (χ1v) is 8.01. The minimum atomic E-state index is 0.587. The Hall–Kier alpha value is -1.53. The second kappa shape index (κ2) is 11.2. The zero-order valence-corrected chi connectivity index (χ0v) is 13.3. The highest BCUT2D eigenvalue weighted by Crippen LogP contribution is 2.16. The Kier molecular flexibility index (Phi) is 9.32. The first kappa shape index (κ1) is 17.5. The van der Waals surface area contributed by atoms with Crippen LogP contribution in [0, 0.1) is 17.2 Å². The van der Waals surface area contributed by atoms with Crippen molar-refractivity contribution in [3.63, 3.8) is 0 Å². The fraction of sp³-hybridized carbons (Fsp3) is 0.611. The van der Waals surface area contributed by atoms with Gasteiger partial charge < -0.3 is 9.47 Å². The Labute approximate surface area is 128 Å². The molecule has 1 aromatic carbocycles. The van der Waals surface area contributed by atoms with Crippen LogP contribution in [-0.2, 0) is 4.74 Å². The molecule has 1 atom stereocenters. The smallest absolute Gasteiger partial charge is 0.137 e. The first-order chi connectivity index (χ1) is 10.3. The van der Waals surface area contributed by atoms with E-state index >= 15 is 0 Å². The van der Waals surface area contributed by atoms with Crippen LogP contribution in [0.25, 0.3) is 0 Å². The van der Waals surface area contributed by atoms with E-state index in [2.05, 4.69) is 19.9 Å². The monoisotopic (exact) mass is 289 g/mol. The van der Waals surface area contributed by atoms with Crippen molar-refractivity contribution in [3.05, 3.63) is 29.8 Å². The molecule has 3 nitrogen and oxygen atoms in total. The molecule has 3 heteroatoms. The number of unbranched alkanes of at least 4 members (excludes halogenated alkanes) is 1. The normalized spacial score (nSPS) is 11.9. The molecule has 0 bridgehead atoms. The molecule has 0 aromatic heterocycles. The third-order valence-electron chi connectivity index (χ3n) is 3.59. The van der Waals surface area contributed by atoms with Crippen LogP contribution in [-0.4, -0.2) is 19.8 Å². The number of rotatable bonds is 11. The largest absolute Gasteiger partial charge is 0.492 e. The Bertz CT molecular complexity index is 425. The minimum absolute atomic E-state index is 0.587. The van der Waals surface area contributed by atoms with Gasteiger partial charge in [-0.3, -0.25) is 0 Å². The predicted octanol–water partition coefficient (Wildman–Crippen LogP) is 4.56. The lowest BCUT2D eigenvalue weighted by Crippen LogP contribution is -2.11. The van der Waals surface area contributed by atoms with Crippen LogP contribution in [0.4, 0.5) is 0 Å². The summed E-state index contributed by atoms with van der Waals surface area (Å²) in [6, 6.07) is 9.46. The Morgan fingerprint density at radius 2 is 1.95 bits per heavy atom. The Balaban J connectivity index is 2.13. The van der Waals surface area contributed by atoms with Gasteiger partial charge >= 0.3 is 0 Å². The maximum Gasteiger partial charge on any atom is 0.137 e. The van der Waals surface area contributed by atoms with Gasteiger partial charge in [0.25, 0.3) is 0 Å². The van der Waals surface area contributed by atoms with E-state index in [9.17, 15) is 0 Å². The van der Waals surface area contributed by atoms with Crippen LogP contribution in [0.15, 0.2) is 24.3 Å². The van der Waals surface area contributed by atoms with E-state index < -0.39 is 0 Å². The molecule has 0 N–H and O–H groups in total. The standard InChI is InChI=1S/C18H27NO2/c1-3-5-9-16(4-2)15-20-12-8-13-21-18-11-7-6-10-17(18)14-19/h6-7,10-11,16H,3-5,8-9,12-13,15H2,1-2H3. The van der Waals surface area contributed by atoms with E-state index in [1.807, 2.05) is 18.2 Å². The SMILES string of the molecule is CCCCC(CC)COCCCOc1ccccc1C#N.